The molecule has 1 atom stereocenters. The Hall–Kier alpha value is -1.81. The number of rotatable bonds is 5. The number of hydrogen-bond acceptors (Lipinski definition) is 1. The molecule has 0 spiro atoms. The van der Waals surface area contributed by atoms with Crippen molar-refractivity contribution in [3.63, 3.8) is 0 Å². The van der Waals surface area contributed by atoms with Gasteiger partial charge in [-0.05, 0) is 38.1 Å². The van der Waals surface area contributed by atoms with Crippen molar-refractivity contribution in [2.75, 3.05) is 6.54 Å². The molecule has 0 amide bonds. The minimum absolute atomic E-state index is 0.0237. The third-order valence-corrected chi connectivity index (χ3v) is 3.45. The van der Waals surface area contributed by atoms with E-state index in [1.54, 1.807) is 12.1 Å². The van der Waals surface area contributed by atoms with Crippen molar-refractivity contribution in [1.29, 1.82) is 0 Å². The van der Waals surface area contributed by atoms with Gasteiger partial charge in [-0.15, -0.1) is 0 Å². The SMILES string of the molecule is CCNC(Cc1c(F)cccc1F)c1cc(C)ccc1F. The van der Waals surface area contributed by atoms with E-state index in [9.17, 15) is 13.2 Å². The molecule has 2 aromatic rings. The molecule has 0 aliphatic heterocycles. The maximum atomic E-state index is 14.0. The number of hydrogen-bond donors (Lipinski definition) is 1. The van der Waals surface area contributed by atoms with Crippen LogP contribution in [0, 0.1) is 24.4 Å². The van der Waals surface area contributed by atoms with Gasteiger partial charge >= 0.3 is 0 Å². The molecule has 4 heteroatoms. The highest BCUT2D eigenvalue weighted by Crippen LogP contribution is 2.25. The second-order valence-electron chi connectivity index (χ2n) is 5.04. The van der Waals surface area contributed by atoms with Crippen LogP contribution in [-0.4, -0.2) is 6.54 Å². The van der Waals surface area contributed by atoms with Gasteiger partial charge in [0.05, 0.1) is 0 Å². The predicted octanol–water partition coefficient (Wildman–Crippen LogP) is 4.31. The lowest BCUT2D eigenvalue weighted by Crippen LogP contribution is -2.25. The van der Waals surface area contributed by atoms with Gasteiger partial charge in [0.15, 0.2) is 0 Å². The molecule has 0 fully saturated rings. The molecule has 1 N–H and O–H groups in total. The molecule has 0 saturated heterocycles. The van der Waals surface area contributed by atoms with Gasteiger partial charge in [-0.3, -0.25) is 0 Å². The third-order valence-electron chi connectivity index (χ3n) is 3.45. The molecule has 0 aliphatic rings. The maximum absolute atomic E-state index is 14.0. The van der Waals surface area contributed by atoms with Gasteiger partial charge in [-0.25, -0.2) is 13.2 Å². The van der Waals surface area contributed by atoms with E-state index in [-0.39, 0.29) is 17.8 Å². The maximum Gasteiger partial charge on any atom is 0.129 e. The van der Waals surface area contributed by atoms with Gasteiger partial charge in [0.1, 0.15) is 17.5 Å². The van der Waals surface area contributed by atoms with Gasteiger partial charge < -0.3 is 5.32 Å². The smallest absolute Gasteiger partial charge is 0.129 e. The minimum atomic E-state index is -0.606. The summed E-state index contributed by atoms with van der Waals surface area (Å²) in [7, 11) is 0. The standard InChI is InChI=1S/C17H18F3N/c1-3-21-17(13-9-11(2)7-8-16(13)20)10-12-14(18)5-4-6-15(12)19/h4-9,17,21H,3,10H2,1-2H3. The average molecular weight is 293 g/mol. The van der Waals surface area contributed by atoms with Crippen LogP contribution < -0.4 is 5.32 Å². The molecule has 112 valence electrons. The number of benzene rings is 2. The van der Waals surface area contributed by atoms with Crippen LogP contribution in [0.2, 0.25) is 0 Å². The molecule has 0 heterocycles. The molecule has 1 unspecified atom stereocenters. The van der Waals surface area contributed by atoms with Crippen LogP contribution in [0.3, 0.4) is 0 Å². The zero-order chi connectivity index (χ0) is 15.4. The normalized spacial score (nSPS) is 12.4. The summed E-state index contributed by atoms with van der Waals surface area (Å²) in [6.45, 7) is 4.31. The first kappa shape index (κ1) is 15.6. The zero-order valence-corrected chi connectivity index (χ0v) is 12.1. The third kappa shape index (κ3) is 3.64. The van der Waals surface area contributed by atoms with Crippen LogP contribution in [0.4, 0.5) is 13.2 Å². The molecular weight excluding hydrogens is 275 g/mol. The number of aryl methyl sites for hydroxylation is 1. The molecule has 0 aliphatic carbocycles. The number of halogens is 3. The van der Waals surface area contributed by atoms with E-state index in [0.29, 0.717) is 12.1 Å². The van der Waals surface area contributed by atoms with E-state index in [1.165, 1.54) is 24.3 Å². The quantitative estimate of drug-likeness (QED) is 0.866. The van der Waals surface area contributed by atoms with Crippen molar-refractivity contribution in [2.24, 2.45) is 0 Å². The molecule has 21 heavy (non-hydrogen) atoms. The minimum Gasteiger partial charge on any atom is -0.310 e. The van der Waals surface area contributed by atoms with E-state index >= 15 is 0 Å². The summed E-state index contributed by atoms with van der Waals surface area (Å²) in [5, 5.41) is 3.10. The second kappa shape index (κ2) is 6.76. The second-order valence-corrected chi connectivity index (χ2v) is 5.04. The fourth-order valence-corrected chi connectivity index (χ4v) is 2.40. The van der Waals surface area contributed by atoms with E-state index in [2.05, 4.69) is 5.32 Å². The van der Waals surface area contributed by atoms with E-state index in [1.807, 2.05) is 13.8 Å². The van der Waals surface area contributed by atoms with Crippen molar-refractivity contribution in [2.45, 2.75) is 26.3 Å². The van der Waals surface area contributed by atoms with Crippen molar-refractivity contribution in [3.8, 4) is 0 Å². The van der Waals surface area contributed by atoms with Crippen molar-refractivity contribution in [1.82, 2.24) is 5.32 Å². The van der Waals surface area contributed by atoms with E-state index in [4.69, 9.17) is 0 Å². The lowest BCUT2D eigenvalue weighted by Gasteiger charge is -2.20. The first-order valence-corrected chi connectivity index (χ1v) is 6.95. The Morgan fingerprint density at radius 3 is 2.29 bits per heavy atom. The first-order valence-electron chi connectivity index (χ1n) is 6.95. The molecular formula is C17H18F3N. The van der Waals surface area contributed by atoms with Crippen LogP contribution in [0.1, 0.15) is 29.7 Å². The predicted molar refractivity (Wildman–Crippen MR) is 77.6 cm³/mol. The van der Waals surface area contributed by atoms with E-state index < -0.39 is 17.7 Å². The Balaban J connectivity index is 2.38. The van der Waals surface area contributed by atoms with Crippen LogP contribution in [0.5, 0.6) is 0 Å². The van der Waals surface area contributed by atoms with Gasteiger partial charge in [0.25, 0.3) is 0 Å². The van der Waals surface area contributed by atoms with Crippen molar-refractivity contribution < 1.29 is 13.2 Å². The Morgan fingerprint density at radius 1 is 1.00 bits per heavy atom. The lowest BCUT2D eigenvalue weighted by atomic mass is 9.96. The molecule has 0 aromatic heterocycles. The Morgan fingerprint density at radius 2 is 1.67 bits per heavy atom. The molecule has 0 bridgehead atoms. The molecule has 2 aromatic carbocycles. The highest BCUT2D eigenvalue weighted by Gasteiger charge is 2.19. The summed E-state index contributed by atoms with van der Waals surface area (Å²) in [5.74, 6) is -1.58. The Labute approximate surface area is 122 Å². The fourth-order valence-electron chi connectivity index (χ4n) is 2.40. The zero-order valence-electron chi connectivity index (χ0n) is 12.1. The van der Waals surface area contributed by atoms with Gasteiger partial charge in [-0.2, -0.15) is 0 Å². The number of likely N-dealkylation sites (N-methyl/N-ethyl adjacent to an activating group) is 1. The van der Waals surface area contributed by atoms with Crippen molar-refractivity contribution in [3.05, 3.63) is 70.5 Å². The van der Waals surface area contributed by atoms with Crippen LogP contribution in [-0.2, 0) is 6.42 Å². The largest absolute Gasteiger partial charge is 0.310 e. The molecule has 2 rings (SSSR count). The highest BCUT2D eigenvalue weighted by molar-refractivity contribution is 5.30. The van der Waals surface area contributed by atoms with Crippen LogP contribution in [0.25, 0.3) is 0 Å². The summed E-state index contributed by atoms with van der Waals surface area (Å²) in [6.07, 6.45) is 0.0622. The molecule has 0 radical (unpaired) electrons. The van der Waals surface area contributed by atoms with Gasteiger partial charge in [-0.1, -0.05) is 30.7 Å². The van der Waals surface area contributed by atoms with Crippen LogP contribution in [0.15, 0.2) is 36.4 Å². The Kier molecular flexibility index (Phi) is 5.02. The monoisotopic (exact) mass is 293 g/mol. The summed E-state index contributed by atoms with van der Waals surface area (Å²) in [6, 6.07) is 8.05. The lowest BCUT2D eigenvalue weighted by molar-refractivity contribution is 0.480. The van der Waals surface area contributed by atoms with Gasteiger partial charge in [0, 0.05) is 17.2 Å². The summed E-state index contributed by atoms with van der Waals surface area (Å²) >= 11 is 0. The van der Waals surface area contributed by atoms with Crippen molar-refractivity contribution >= 4 is 0 Å². The number of nitrogens with one attached hydrogen (secondary N) is 1. The Bertz CT molecular complexity index is 605. The summed E-state index contributed by atoms with van der Waals surface area (Å²) in [5.41, 5.74) is 1.31. The van der Waals surface area contributed by atoms with Crippen LogP contribution >= 0.6 is 0 Å². The average Bonchev–Trinajstić information content (AvgIpc) is 2.44. The molecule has 0 saturated carbocycles. The van der Waals surface area contributed by atoms with E-state index in [0.717, 1.165) is 5.56 Å². The summed E-state index contributed by atoms with van der Waals surface area (Å²) in [4.78, 5) is 0. The highest BCUT2D eigenvalue weighted by atomic mass is 19.1. The van der Waals surface area contributed by atoms with Gasteiger partial charge in [0.2, 0.25) is 0 Å². The molecule has 1 nitrogen and oxygen atoms in total. The first-order chi connectivity index (χ1) is 10.0. The summed E-state index contributed by atoms with van der Waals surface area (Å²) < 4.78 is 41.6. The topological polar surface area (TPSA) is 12.0 Å². The fraction of sp³-hybridized carbons (Fsp3) is 0.294.